The molecule has 0 radical (unpaired) electrons. The molecule has 2 rings (SSSR count). The molecule has 0 unspecified atom stereocenters. The molecular weight excluding hydrogens is 390 g/mol. The van der Waals surface area contributed by atoms with E-state index in [9.17, 15) is 23.3 Å². The van der Waals surface area contributed by atoms with Gasteiger partial charge in [0, 0.05) is 31.4 Å². The van der Waals surface area contributed by atoms with Crippen molar-refractivity contribution in [1.82, 2.24) is 4.31 Å². The van der Waals surface area contributed by atoms with Crippen LogP contribution in [0.15, 0.2) is 41.3 Å². The summed E-state index contributed by atoms with van der Waals surface area (Å²) in [5, 5.41) is 13.6. The quantitative estimate of drug-likeness (QED) is 0.548. The highest BCUT2D eigenvalue weighted by molar-refractivity contribution is 7.89. The predicted octanol–water partition coefficient (Wildman–Crippen LogP) is 2.11. The first-order valence-corrected chi connectivity index (χ1v) is 9.30. The number of anilines is 1. The van der Waals surface area contributed by atoms with Crippen molar-refractivity contribution in [1.29, 1.82) is 0 Å². The third-order valence-electron chi connectivity index (χ3n) is 3.82. The van der Waals surface area contributed by atoms with Gasteiger partial charge in [-0.1, -0.05) is 0 Å². The van der Waals surface area contributed by atoms with Crippen molar-refractivity contribution >= 4 is 27.3 Å². The van der Waals surface area contributed by atoms with Crippen LogP contribution in [0.25, 0.3) is 0 Å². The summed E-state index contributed by atoms with van der Waals surface area (Å²) in [6.45, 7) is 0. The number of benzene rings is 2. The molecule has 0 saturated carbocycles. The van der Waals surface area contributed by atoms with Gasteiger partial charge in [-0.2, -0.15) is 0 Å². The topological polar surface area (TPSA) is 128 Å². The summed E-state index contributed by atoms with van der Waals surface area (Å²) < 4.78 is 35.9. The highest BCUT2D eigenvalue weighted by Crippen LogP contribution is 2.30. The molecule has 0 aliphatic carbocycles. The number of amides is 1. The van der Waals surface area contributed by atoms with Crippen molar-refractivity contribution in [2.24, 2.45) is 0 Å². The van der Waals surface area contributed by atoms with Gasteiger partial charge in [-0.25, -0.2) is 12.7 Å². The van der Waals surface area contributed by atoms with Gasteiger partial charge in [0.25, 0.3) is 5.91 Å². The zero-order chi connectivity index (χ0) is 21.1. The third kappa shape index (κ3) is 4.21. The Labute approximate surface area is 161 Å². The molecule has 10 nitrogen and oxygen atoms in total. The number of methoxy groups -OCH3 is 2. The van der Waals surface area contributed by atoms with Crippen LogP contribution < -0.4 is 14.8 Å². The molecular formula is C17H19N3O7S. The van der Waals surface area contributed by atoms with Gasteiger partial charge in [0.1, 0.15) is 10.6 Å². The van der Waals surface area contributed by atoms with E-state index in [1.54, 1.807) is 0 Å². The number of hydrogen-bond acceptors (Lipinski definition) is 7. The number of rotatable bonds is 7. The number of nitro groups is 1. The Morgan fingerprint density at radius 1 is 1.07 bits per heavy atom. The van der Waals surface area contributed by atoms with Crippen molar-refractivity contribution in [3.05, 3.63) is 52.1 Å². The standard InChI is InChI=1S/C17H19N3O7S/c1-19(2)28(24,25)16-10-12(6-8-15(16)27-4)18-17(21)11-5-7-14(26-3)13(9-11)20(22)23/h5-10H,1-4H3,(H,18,21). The minimum Gasteiger partial charge on any atom is -0.495 e. The number of ether oxygens (including phenoxy) is 2. The number of sulfonamides is 1. The maximum Gasteiger partial charge on any atom is 0.311 e. The molecule has 2 aromatic carbocycles. The summed E-state index contributed by atoms with van der Waals surface area (Å²) in [6, 6.07) is 7.87. The van der Waals surface area contributed by atoms with Crippen molar-refractivity contribution < 1.29 is 27.6 Å². The lowest BCUT2D eigenvalue weighted by Gasteiger charge is -2.16. The minimum absolute atomic E-state index is 0.0142. The number of nitrogens with zero attached hydrogens (tertiary/aromatic N) is 2. The van der Waals surface area contributed by atoms with Crippen molar-refractivity contribution in [3.63, 3.8) is 0 Å². The van der Waals surface area contributed by atoms with Crippen molar-refractivity contribution in [3.8, 4) is 11.5 Å². The van der Waals surface area contributed by atoms with E-state index < -0.39 is 20.9 Å². The molecule has 11 heteroatoms. The number of nitro benzene ring substituents is 1. The van der Waals surface area contributed by atoms with Gasteiger partial charge in [-0.3, -0.25) is 14.9 Å². The summed E-state index contributed by atoms with van der Waals surface area (Å²) in [6.07, 6.45) is 0. The van der Waals surface area contributed by atoms with E-state index in [1.807, 2.05) is 0 Å². The Balaban J connectivity index is 2.40. The Hall–Kier alpha value is -3.18. The number of carbonyl (C=O) groups excluding carboxylic acids is 1. The normalized spacial score (nSPS) is 11.2. The second kappa shape index (κ2) is 8.23. The second-order valence-corrected chi connectivity index (χ2v) is 7.87. The maximum atomic E-state index is 12.5. The van der Waals surface area contributed by atoms with E-state index in [2.05, 4.69) is 5.32 Å². The monoisotopic (exact) mass is 409 g/mol. The molecule has 0 fully saturated rings. The Morgan fingerprint density at radius 3 is 2.21 bits per heavy atom. The first-order valence-electron chi connectivity index (χ1n) is 7.86. The van der Waals surface area contributed by atoms with Crippen LogP contribution in [0.1, 0.15) is 10.4 Å². The molecule has 1 amide bonds. The Bertz CT molecular complexity index is 1020. The molecule has 0 aliphatic rings. The molecule has 0 aliphatic heterocycles. The van der Waals surface area contributed by atoms with Crippen LogP contribution >= 0.6 is 0 Å². The summed E-state index contributed by atoms with van der Waals surface area (Å²) in [5.41, 5.74) is -0.161. The van der Waals surface area contributed by atoms with Gasteiger partial charge < -0.3 is 14.8 Å². The van der Waals surface area contributed by atoms with Gasteiger partial charge in [0.2, 0.25) is 10.0 Å². The van der Waals surface area contributed by atoms with Gasteiger partial charge >= 0.3 is 5.69 Å². The molecule has 0 atom stereocenters. The van der Waals surface area contributed by atoms with Crippen LogP contribution in [-0.4, -0.2) is 51.9 Å². The smallest absolute Gasteiger partial charge is 0.311 e. The molecule has 0 heterocycles. The predicted molar refractivity (Wildman–Crippen MR) is 101 cm³/mol. The first-order chi connectivity index (χ1) is 13.1. The van der Waals surface area contributed by atoms with E-state index in [0.29, 0.717) is 0 Å². The number of carbonyl (C=O) groups is 1. The lowest BCUT2D eigenvalue weighted by molar-refractivity contribution is -0.385. The second-order valence-electron chi connectivity index (χ2n) is 5.75. The van der Waals surface area contributed by atoms with E-state index >= 15 is 0 Å². The lowest BCUT2D eigenvalue weighted by atomic mass is 10.1. The highest BCUT2D eigenvalue weighted by Gasteiger charge is 2.23. The molecule has 0 bridgehead atoms. The van der Waals surface area contributed by atoms with Gasteiger partial charge in [-0.05, 0) is 30.3 Å². The summed E-state index contributed by atoms with van der Waals surface area (Å²) in [7, 11) is 1.54. The lowest BCUT2D eigenvalue weighted by Crippen LogP contribution is -2.23. The molecule has 0 aromatic heterocycles. The highest BCUT2D eigenvalue weighted by atomic mass is 32.2. The fourth-order valence-corrected chi connectivity index (χ4v) is 3.40. The zero-order valence-corrected chi connectivity index (χ0v) is 16.4. The van der Waals surface area contributed by atoms with Crippen LogP contribution in [0.3, 0.4) is 0 Å². The molecule has 2 aromatic rings. The molecule has 1 N–H and O–H groups in total. The third-order valence-corrected chi connectivity index (χ3v) is 5.65. The average Bonchev–Trinajstić information content (AvgIpc) is 2.67. The summed E-state index contributed by atoms with van der Waals surface area (Å²) in [5.74, 6) is -0.513. The van der Waals surface area contributed by atoms with E-state index in [0.717, 1.165) is 10.4 Å². The molecule has 150 valence electrons. The largest absolute Gasteiger partial charge is 0.495 e. The van der Waals surface area contributed by atoms with Crippen LogP contribution in [0.4, 0.5) is 11.4 Å². The van der Waals surface area contributed by atoms with Crippen LogP contribution in [0.2, 0.25) is 0 Å². The number of nitrogens with one attached hydrogen (secondary N) is 1. The molecule has 28 heavy (non-hydrogen) atoms. The maximum absolute atomic E-state index is 12.5. The summed E-state index contributed by atoms with van der Waals surface area (Å²) in [4.78, 5) is 22.8. The van der Waals surface area contributed by atoms with Gasteiger partial charge in [-0.15, -0.1) is 0 Å². The minimum atomic E-state index is -3.82. The Kier molecular flexibility index (Phi) is 6.21. The van der Waals surface area contributed by atoms with Crippen LogP contribution in [0, 0.1) is 10.1 Å². The van der Waals surface area contributed by atoms with Crippen molar-refractivity contribution in [2.45, 2.75) is 4.90 Å². The van der Waals surface area contributed by atoms with Gasteiger partial charge in [0.05, 0.1) is 19.1 Å². The Morgan fingerprint density at radius 2 is 1.68 bits per heavy atom. The van der Waals surface area contributed by atoms with Crippen LogP contribution in [0.5, 0.6) is 11.5 Å². The van der Waals surface area contributed by atoms with Gasteiger partial charge in [0.15, 0.2) is 5.75 Å². The average molecular weight is 409 g/mol. The van der Waals surface area contributed by atoms with Crippen LogP contribution in [-0.2, 0) is 10.0 Å². The van der Waals surface area contributed by atoms with E-state index in [1.165, 1.54) is 58.6 Å². The fraction of sp³-hybridized carbons (Fsp3) is 0.235. The molecule has 0 spiro atoms. The summed E-state index contributed by atoms with van der Waals surface area (Å²) >= 11 is 0. The van der Waals surface area contributed by atoms with E-state index in [4.69, 9.17) is 9.47 Å². The molecule has 0 saturated heterocycles. The fourth-order valence-electron chi connectivity index (χ4n) is 2.33. The zero-order valence-electron chi connectivity index (χ0n) is 15.6. The number of hydrogen-bond donors (Lipinski definition) is 1. The van der Waals surface area contributed by atoms with Crippen molar-refractivity contribution in [2.75, 3.05) is 33.6 Å². The van der Waals surface area contributed by atoms with E-state index in [-0.39, 0.29) is 33.3 Å². The first kappa shape index (κ1) is 21.1. The SMILES string of the molecule is COc1ccc(C(=O)Nc2ccc(OC)c(S(=O)(=O)N(C)C)c2)cc1[N+](=O)[O-].